The van der Waals surface area contributed by atoms with Crippen LogP contribution in [0.15, 0.2) is 12.4 Å². The maximum Gasteiger partial charge on any atom is 0.223 e. The van der Waals surface area contributed by atoms with Crippen LogP contribution in [0.4, 0.5) is 5.82 Å². The topological polar surface area (TPSA) is 58.1 Å². The minimum Gasteiger partial charge on any atom is -0.356 e. The average Bonchev–Trinajstić information content (AvgIpc) is 2.97. The van der Waals surface area contributed by atoms with E-state index in [9.17, 15) is 4.79 Å². The zero-order valence-electron chi connectivity index (χ0n) is 14.1. The van der Waals surface area contributed by atoms with Crippen LogP contribution in [-0.2, 0) is 11.2 Å². The van der Waals surface area contributed by atoms with E-state index in [1.165, 1.54) is 16.7 Å². The third kappa shape index (κ3) is 2.99. The van der Waals surface area contributed by atoms with Gasteiger partial charge in [-0.25, -0.2) is 9.97 Å². The molecule has 0 unspecified atom stereocenters. The molecule has 128 valence electrons. The highest BCUT2D eigenvalue weighted by Gasteiger charge is 2.29. The number of rotatable bonds is 4. The average molecular weight is 344 g/mol. The van der Waals surface area contributed by atoms with E-state index in [0.717, 1.165) is 55.8 Å². The van der Waals surface area contributed by atoms with Crippen LogP contribution < -0.4 is 10.2 Å². The molecular formula is C18H24N4OS. The number of nitrogens with one attached hydrogen (secondary N) is 1. The third-order valence-corrected chi connectivity index (χ3v) is 6.51. The molecule has 3 heterocycles. The molecule has 0 bridgehead atoms. The SMILES string of the molecule is CCc1cc2c(N3CCC(NC(=O)C4CCC4)CC3)ncnc2s1. The van der Waals surface area contributed by atoms with Gasteiger partial charge in [-0.3, -0.25) is 4.79 Å². The number of anilines is 1. The molecule has 6 heteroatoms. The van der Waals surface area contributed by atoms with Crippen LogP contribution in [0, 0.1) is 5.92 Å². The molecule has 2 aromatic rings. The Morgan fingerprint density at radius 1 is 1.29 bits per heavy atom. The van der Waals surface area contributed by atoms with E-state index < -0.39 is 0 Å². The third-order valence-electron chi connectivity index (χ3n) is 5.32. The number of aryl methyl sites for hydroxylation is 1. The molecule has 1 saturated heterocycles. The Balaban J connectivity index is 1.42. The Morgan fingerprint density at radius 2 is 2.08 bits per heavy atom. The lowest BCUT2D eigenvalue weighted by molar-refractivity contribution is -0.128. The van der Waals surface area contributed by atoms with E-state index in [4.69, 9.17) is 0 Å². The molecule has 24 heavy (non-hydrogen) atoms. The quantitative estimate of drug-likeness (QED) is 0.926. The second-order valence-corrected chi connectivity index (χ2v) is 8.00. The molecule has 1 N–H and O–H groups in total. The monoisotopic (exact) mass is 344 g/mol. The fourth-order valence-corrected chi connectivity index (χ4v) is 4.47. The molecule has 1 aliphatic heterocycles. The van der Waals surface area contributed by atoms with Crippen molar-refractivity contribution in [3.05, 3.63) is 17.3 Å². The highest BCUT2D eigenvalue weighted by Crippen LogP contribution is 2.32. The summed E-state index contributed by atoms with van der Waals surface area (Å²) in [5.74, 6) is 1.61. The Kier molecular flexibility index (Phi) is 4.39. The van der Waals surface area contributed by atoms with E-state index in [2.05, 4.69) is 33.2 Å². The second-order valence-electron chi connectivity index (χ2n) is 6.88. The zero-order chi connectivity index (χ0) is 16.5. The van der Waals surface area contributed by atoms with Crippen LogP contribution in [0.2, 0.25) is 0 Å². The predicted molar refractivity (Wildman–Crippen MR) is 97.5 cm³/mol. The zero-order valence-corrected chi connectivity index (χ0v) is 14.9. The summed E-state index contributed by atoms with van der Waals surface area (Å²) in [5, 5.41) is 4.42. The summed E-state index contributed by atoms with van der Waals surface area (Å²) in [6.07, 6.45) is 8.06. The van der Waals surface area contributed by atoms with Crippen molar-refractivity contribution in [2.24, 2.45) is 5.92 Å². The molecular weight excluding hydrogens is 320 g/mol. The number of hydrogen-bond acceptors (Lipinski definition) is 5. The summed E-state index contributed by atoms with van der Waals surface area (Å²) < 4.78 is 0. The van der Waals surface area contributed by atoms with Gasteiger partial charge in [-0.15, -0.1) is 11.3 Å². The van der Waals surface area contributed by atoms with Gasteiger partial charge in [0.05, 0.1) is 5.39 Å². The lowest BCUT2D eigenvalue weighted by Crippen LogP contribution is -2.47. The molecule has 2 aromatic heterocycles. The normalized spacial score (nSPS) is 19.5. The van der Waals surface area contributed by atoms with Crippen molar-refractivity contribution in [3.8, 4) is 0 Å². The van der Waals surface area contributed by atoms with Gasteiger partial charge in [0.1, 0.15) is 17.0 Å². The van der Waals surface area contributed by atoms with Crippen LogP contribution >= 0.6 is 11.3 Å². The van der Waals surface area contributed by atoms with E-state index in [0.29, 0.717) is 6.04 Å². The Bertz CT molecular complexity index is 732. The van der Waals surface area contributed by atoms with Crippen molar-refractivity contribution in [1.29, 1.82) is 0 Å². The van der Waals surface area contributed by atoms with E-state index in [-0.39, 0.29) is 11.8 Å². The van der Waals surface area contributed by atoms with Crippen molar-refractivity contribution >= 4 is 33.3 Å². The summed E-state index contributed by atoms with van der Waals surface area (Å²) in [6.45, 7) is 4.06. The van der Waals surface area contributed by atoms with E-state index in [1.54, 1.807) is 17.7 Å². The van der Waals surface area contributed by atoms with Crippen molar-refractivity contribution in [1.82, 2.24) is 15.3 Å². The van der Waals surface area contributed by atoms with Gasteiger partial charge in [-0.1, -0.05) is 13.3 Å². The minimum absolute atomic E-state index is 0.273. The van der Waals surface area contributed by atoms with Gasteiger partial charge in [0.25, 0.3) is 0 Å². The molecule has 0 aromatic carbocycles. The van der Waals surface area contributed by atoms with E-state index >= 15 is 0 Å². The number of fused-ring (bicyclic) bond motifs is 1. The molecule has 4 rings (SSSR count). The Morgan fingerprint density at radius 3 is 2.75 bits per heavy atom. The molecule has 1 saturated carbocycles. The summed E-state index contributed by atoms with van der Waals surface area (Å²) in [7, 11) is 0. The molecule has 0 spiro atoms. The van der Waals surface area contributed by atoms with Crippen molar-refractivity contribution < 1.29 is 4.79 Å². The summed E-state index contributed by atoms with van der Waals surface area (Å²) in [4.78, 5) is 25.9. The van der Waals surface area contributed by atoms with Crippen LogP contribution in [0.25, 0.3) is 10.2 Å². The van der Waals surface area contributed by atoms with Gasteiger partial charge in [0, 0.05) is 29.9 Å². The molecule has 5 nitrogen and oxygen atoms in total. The number of thiophene rings is 1. The Labute approximate surface area is 146 Å². The summed E-state index contributed by atoms with van der Waals surface area (Å²) >= 11 is 1.76. The van der Waals surface area contributed by atoms with Crippen molar-refractivity contribution in [2.45, 2.75) is 51.5 Å². The van der Waals surface area contributed by atoms with Crippen molar-refractivity contribution in [3.63, 3.8) is 0 Å². The lowest BCUT2D eigenvalue weighted by atomic mass is 9.84. The van der Waals surface area contributed by atoms with Gasteiger partial charge >= 0.3 is 0 Å². The first-order chi connectivity index (χ1) is 11.7. The first kappa shape index (κ1) is 15.8. The second kappa shape index (κ2) is 6.67. The van der Waals surface area contributed by atoms with Crippen LogP contribution in [0.3, 0.4) is 0 Å². The number of aromatic nitrogens is 2. The fraction of sp³-hybridized carbons (Fsp3) is 0.611. The molecule has 1 amide bonds. The van der Waals surface area contributed by atoms with Gasteiger partial charge in [-0.2, -0.15) is 0 Å². The van der Waals surface area contributed by atoms with Crippen LogP contribution in [0.1, 0.15) is 43.9 Å². The number of carbonyl (C=O) groups is 1. The summed E-state index contributed by atoms with van der Waals surface area (Å²) in [6, 6.07) is 2.56. The van der Waals surface area contributed by atoms with Crippen LogP contribution in [-0.4, -0.2) is 35.0 Å². The van der Waals surface area contributed by atoms with Crippen LogP contribution in [0.5, 0.6) is 0 Å². The predicted octanol–water partition coefficient (Wildman–Crippen LogP) is 3.14. The smallest absolute Gasteiger partial charge is 0.223 e. The van der Waals surface area contributed by atoms with Gasteiger partial charge in [-0.05, 0) is 38.2 Å². The number of hydrogen-bond donors (Lipinski definition) is 1. The van der Waals surface area contributed by atoms with Gasteiger partial charge in [0.2, 0.25) is 5.91 Å². The number of amides is 1. The first-order valence-electron chi connectivity index (χ1n) is 9.03. The summed E-state index contributed by atoms with van der Waals surface area (Å²) in [5.41, 5.74) is 0. The minimum atomic E-state index is 0.273. The molecule has 0 atom stereocenters. The van der Waals surface area contributed by atoms with Crippen molar-refractivity contribution in [2.75, 3.05) is 18.0 Å². The molecule has 2 fully saturated rings. The number of nitrogens with zero attached hydrogens (tertiary/aromatic N) is 3. The number of carbonyl (C=O) groups excluding carboxylic acids is 1. The van der Waals surface area contributed by atoms with E-state index in [1.807, 2.05) is 0 Å². The molecule has 2 aliphatic rings. The maximum absolute atomic E-state index is 12.1. The maximum atomic E-state index is 12.1. The van der Waals surface area contributed by atoms with Gasteiger partial charge in [0.15, 0.2) is 0 Å². The highest BCUT2D eigenvalue weighted by atomic mass is 32.1. The lowest BCUT2D eigenvalue weighted by Gasteiger charge is -2.35. The number of piperidine rings is 1. The largest absolute Gasteiger partial charge is 0.356 e. The molecule has 0 radical (unpaired) electrons. The first-order valence-corrected chi connectivity index (χ1v) is 9.85. The Hall–Kier alpha value is -1.69. The molecule has 1 aliphatic carbocycles. The standard InChI is InChI=1S/C18H24N4OS/c1-2-14-10-15-16(19-11-20-18(15)24-14)22-8-6-13(7-9-22)21-17(23)12-4-3-5-12/h10-13H,2-9H2,1H3,(H,21,23). The fourth-order valence-electron chi connectivity index (χ4n) is 3.54. The van der Waals surface area contributed by atoms with Gasteiger partial charge < -0.3 is 10.2 Å². The highest BCUT2D eigenvalue weighted by molar-refractivity contribution is 7.18.